The monoisotopic (exact) mass is 665 g/mol. The van der Waals surface area contributed by atoms with Crippen LogP contribution >= 0.6 is 11.8 Å². The highest BCUT2D eigenvalue weighted by Crippen LogP contribution is 2.52. The molecule has 3 amide bonds. The number of fused-ring (bicyclic) bond motifs is 1. The highest BCUT2D eigenvalue weighted by atomic mass is 32.2. The minimum absolute atomic E-state index is 0.0821. The number of amides is 3. The third-order valence-corrected chi connectivity index (χ3v) is 10.1. The number of rotatable bonds is 11. The van der Waals surface area contributed by atoms with Crippen LogP contribution in [0.2, 0.25) is 0 Å². The van der Waals surface area contributed by atoms with Crippen LogP contribution in [0.3, 0.4) is 0 Å². The van der Waals surface area contributed by atoms with Gasteiger partial charge in [0.1, 0.15) is 36.3 Å². The van der Waals surface area contributed by atoms with E-state index >= 15 is 0 Å². The summed E-state index contributed by atoms with van der Waals surface area (Å²) >= 11 is 1.32. The number of nitroso groups, excluding NO2 is 2. The first kappa shape index (κ1) is 33.7. The number of carbonyl (C=O) groups is 4. The topological polar surface area (TPSA) is 176 Å². The number of aliphatic hydroxyl groups is 1. The molecule has 1 unspecified atom stereocenters. The van der Waals surface area contributed by atoms with Crippen molar-refractivity contribution in [2.75, 3.05) is 20.6 Å². The molecule has 0 aromatic heterocycles. The van der Waals surface area contributed by atoms with Gasteiger partial charge in [0.05, 0.1) is 18.1 Å². The molecule has 2 aromatic carbocycles. The third-order valence-electron chi connectivity index (χ3n) is 8.63. The predicted molar refractivity (Wildman–Crippen MR) is 171 cm³/mol. The zero-order valence-corrected chi connectivity index (χ0v) is 27.1. The van der Waals surface area contributed by atoms with Crippen molar-refractivity contribution in [1.29, 1.82) is 0 Å². The Kier molecular flexibility index (Phi) is 10.1. The van der Waals surface area contributed by atoms with E-state index in [0.29, 0.717) is 16.0 Å². The number of likely N-dealkylation sites (tertiary alicyclic amines) is 1. The molecule has 5 rings (SSSR count). The molecule has 15 heteroatoms. The zero-order valence-electron chi connectivity index (χ0n) is 26.3. The number of esters is 1. The molecular weight excluding hydrogens is 630 g/mol. The molecule has 2 aromatic rings. The van der Waals surface area contributed by atoms with Crippen molar-refractivity contribution in [3.05, 3.63) is 80.1 Å². The molecule has 0 radical (unpaired) electrons. The first-order chi connectivity index (χ1) is 22.4. The largest absolute Gasteiger partial charge is 0.456 e. The second-order valence-corrected chi connectivity index (χ2v) is 13.3. The van der Waals surface area contributed by atoms with E-state index in [9.17, 15) is 34.1 Å². The van der Waals surface area contributed by atoms with Gasteiger partial charge in [-0.2, -0.15) is 0 Å². The van der Waals surface area contributed by atoms with Gasteiger partial charge in [0.2, 0.25) is 11.8 Å². The van der Waals surface area contributed by atoms with E-state index < -0.39 is 36.2 Å². The molecular formula is C32H35N5O9S. The summed E-state index contributed by atoms with van der Waals surface area (Å²) in [5.74, 6) is -2.41. The number of benzene rings is 2. The maximum absolute atomic E-state index is 13.6. The number of likely N-dealkylation sites (N-methyl/N-ethyl adjacent to an activating group) is 1. The van der Waals surface area contributed by atoms with E-state index in [2.05, 4.69) is 10.4 Å². The number of ether oxygens (including phenoxy) is 2. The molecule has 2 saturated heterocycles. The fraction of sp³-hybridized carbons (Fsp3) is 0.438. The second-order valence-electron chi connectivity index (χ2n) is 12.0. The zero-order chi connectivity index (χ0) is 34.0. The van der Waals surface area contributed by atoms with Gasteiger partial charge >= 0.3 is 12.1 Å². The molecule has 248 valence electrons. The van der Waals surface area contributed by atoms with Gasteiger partial charge in [-0.25, -0.2) is 9.59 Å². The Balaban J connectivity index is 1.36. The SMILES string of the molecule is CC1C(S[C@H]2C[C@@H](C(=O)N(C)C)N(C(=O)OCc3ccc(N=O)cc3)C2)=C(C(=O)OCc2ccc(N=O)cc2)N2C(=O)[C@H]([C@@H](C)O)[C@@H]12. The average molecular weight is 666 g/mol. The summed E-state index contributed by atoms with van der Waals surface area (Å²) in [5.41, 5.74) is 1.82. The minimum Gasteiger partial charge on any atom is -0.456 e. The van der Waals surface area contributed by atoms with E-state index in [1.807, 2.05) is 6.92 Å². The van der Waals surface area contributed by atoms with Gasteiger partial charge in [0.25, 0.3) is 0 Å². The van der Waals surface area contributed by atoms with E-state index in [4.69, 9.17) is 9.47 Å². The molecule has 0 aliphatic carbocycles. The van der Waals surface area contributed by atoms with Gasteiger partial charge in [-0.3, -0.25) is 14.5 Å². The van der Waals surface area contributed by atoms with Gasteiger partial charge in [0.15, 0.2) is 0 Å². The van der Waals surface area contributed by atoms with Crippen LogP contribution in [0.1, 0.15) is 31.4 Å². The van der Waals surface area contributed by atoms with Gasteiger partial charge in [-0.05, 0) is 59.1 Å². The number of aliphatic hydroxyl groups excluding tert-OH is 1. The Bertz CT molecular complexity index is 1590. The van der Waals surface area contributed by atoms with Crippen LogP contribution in [0.15, 0.2) is 69.5 Å². The van der Waals surface area contributed by atoms with Gasteiger partial charge in [-0.1, -0.05) is 31.2 Å². The number of thioether (sulfide) groups is 1. The van der Waals surface area contributed by atoms with E-state index in [1.165, 1.54) is 50.7 Å². The Hall–Kier alpha value is -4.63. The molecule has 0 spiro atoms. The predicted octanol–water partition coefficient (Wildman–Crippen LogP) is 4.20. The quantitative estimate of drug-likeness (QED) is 0.208. The highest BCUT2D eigenvalue weighted by molar-refractivity contribution is 8.03. The lowest BCUT2D eigenvalue weighted by Crippen LogP contribution is -2.63. The molecule has 1 N–H and O–H groups in total. The number of β-lactam (4-membered cyclic amide) rings is 1. The minimum atomic E-state index is -0.928. The molecule has 3 aliphatic heterocycles. The molecule has 3 heterocycles. The fourth-order valence-corrected chi connectivity index (χ4v) is 7.74. The Morgan fingerprint density at radius 1 is 0.979 bits per heavy atom. The van der Waals surface area contributed by atoms with Gasteiger partial charge in [-0.15, -0.1) is 21.6 Å². The van der Waals surface area contributed by atoms with Crippen LogP contribution in [-0.2, 0) is 37.1 Å². The van der Waals surface area contributed by atoms with E-state index in [1.54, 1.807) is 45.3 Å². The number of carbonyl (C=O) groups excluding carboxylic acids is 4. The molecule has 0 saturated carbocycles. The van der Waals surface area contributed by atoms with Crippen molar-refractivity contribution >= 4 is 47.0 Å². The van der Waals surface area contributed by atoms with Crippen LogP contribution in [0.4, 0.5) is 16.2 Å². The second kappa shape index (κ2) is 14.0. The van der Waals surface area contributed by atoms with Crippen molar-refractivity contribution in [1.82, 2.24) is 14.7 Å². The molecule has 14 nitrogen and oxygen atoms in total. The summed E-state index contributed by atoms with van der Waals surface area (Å²) in [5, 5.41) is 15.7. The summed E-state index contributed by atoms with van der Waals surface area (Å²) in [7, 11) is 3.20. The highest BCUT2D eigenvalue weighted by Gasteiger charge is 2.60. The molecule has 6 atom stereocenters. The summed E-state index contributed by atoms with van der Waals surface area (Å²) in [4.78, 5) is 79.5. The number of nitrogens with zero attached hydrogens (tertiary/aromatic N) is 5. The Morgan fingerprint density at radius 2 is 1.53 bits per heavy atom. The van der Waals surface area contributed by atoms with Crippen molar-refractivity contribution in [3.8, 4) is 0 Å². The summed E-state index contributed by atoms with van der Waals surface area (Å²) < 4.78 is 11.2. The van der Waals surface area contributed by atoms with E-state index in [0.717, 1.165) is 0 Å². The molecule has 2 fully saturated rings. The summed E-state index contributed by atoms with van der Waals surface area (Å²) in [6, 6.07) is 11.2. The number of hydrogen-bond donors (Lipinski definition) is 1. The maximum atomic E-state index is 13.6. The van der Waals surface area contributed by atoms with Crippen LogP contribution < -0.4 is 0 Å². The fourth-order valence-electron chi connectivity index (χ4n) is 6.22. The van der Waals surface area contributed by atoms with Crippen molar-refractivity contribution in [2.24, 2.45) is 22.2 Å². The molecule has 47 heavy (non-hydrogen) atoms. The summed E-state index contributed by atoms with van der Waals surface area (Å²) in [6.07, 6.45) is -1.35. The van der Waals surface area contributed by atoms with Gasteiger partial charge < -0.3 is 24.4 Å². The molecule has 3 aliphatic rings. The smallest absolute Gasteiger partial charge is 0.410 e. The van der Waals surface area contributed by atoms with Crippen molar-refractivity contribution in [2.45, 2.75) is 56.9 Å². The van der Waals surface area contributed by atoms with Gasteiger partial charge in [0, 0.05) is 36.7 Å². The lowest BCUT2D eigenvalue weighted by molar-refractivity contribution is -0.164. The van der Waals surface area contributed by atoms with E-state index in [-0.39, 0.29) is 66.2 Å². The maximum Gasteiger partial charge on any atom is 0.410 e. The lowest BCUT2D eigenvalue weighted by Gasteiger charge is -2.46. The number of hydrogen-bond acceptors (Lipinski definition) is 12. The average Bonchev–Trinajstić information content (AvgIpc) is 3.59. The summed E-state index contributed by atoms with van der Waals surface area (Å²) in [6.45, 7) is 3.36. The van der Waals surface area contributed by atoms with Crippen LogP contribution in [0, 0.1) is 21.6 Å². The van der Waals surface area contributed by atoms with Crippen LogP contribution in [0.5, 0.6) is 0 Å². The van der Waals surface area contributed by atoms with Crippen molar-refractivity contribution < 1.29 is 33.8 Å². The third kappa shape index (κ3) is 6.76. The van der Waals surface area contributed by atoms with Crippen molar-refractivity contribution in [3.63, 3.8) is 0 Å². The standard InChI is InChI=1S/C32H35N5O9S/c1-17-26-25(18(2)38)30(40)37(26)27(31(41)45-15-19-5-9-21(33-43)10-6-19)28(17)47-23-13-24(29(39)35(3)4)36(14-23)32(42)46-16-20-7-11-22(34-44)12-8-20/h5-12,17-18,23-26,38H,13-16H2,1-4H3/t17?,18-,23+,24+,25-,26-/m1/s1. The normalized spacial score (nSPS) is 23.9. The van der Waals surface area contributed by atoms with Crippen LogP contribution in [0.25, 0.3) is 0 Å². The first-order valence-corrected chi connectivity index (χ1v) is 15.9. The first-order valence-electron chi connectivity index (χ1n) is 15.0. The molecule has 0 bridgehead atoms. The lowest BCUT2D eigenvalue weighted by atomic mass is 9.79. The Labute approximate surface area is 275 Å². The van der Waals surface area contributed by atoms with Crippen LogP contribution in [-0.4, -0.2) is 87.8 Å². The Morgan fingerprint density at radius 3 is 2.04 bits per heavy atom.